The zero-order valence-electron chi connectivity index (χ0n) is 13.3. The molecule has 0 spiro atoms. The molecule has 3 aromatic heterocycles. The van der Waals surface area contributed by atoms with Crippen LogP contribution in [0.4, 0.5) is 5.95 Å². The van der Waals surface area contributed by atoms with Crippen molar-refractivity contribution in [3.63, 3.8) is 0 Å². The molecule has 0 radical (unpaired) electrons. The van der Waals surface area contributed by atoms with Gasteiger partial charge in [-0.3, -0.25) is 0 Å². The van der Waals surface area contributed by atoms with Crippen LogP contribution in [0.1, 0.15) is 6.92 Å². The summed E-state index contributed by atoms with van der Waals surface area (Å²) in [6, 6.07) is 8.00. The first-order valence-electron chi connectivity index (χ1n) is 7.49. The summed E-state index contributed by atoms with van der Waals surface area (Å²) in [5.74, 6) is 0.722. The van der Waals surface area contributed by atoms with Gasteiger partial charge in [0.15, 0.2) is 0 Å². The number of benzene rings is 1. The molecule has 0 N–H and O–H groups in total. The molecule has 0 aliphatic rings. The Balaban J connectivity index is 1.97. The molecule has 8 heteroatoms. The quantitative estimate of drug-likeness (QED) is 0.539. The average molecular weight is 321 g/mol. The van der Waals surface area contributed by atoms with Crippen molar-refractivity contribution >= 4 is 29.2 Å². The van der Waals surface area contributed by atoms with E-state index < -0.39 is 0 Å². The first-order chi connectivity index (χ1) is 11.7. The van der Waals surface area contributed by atoms with E-state index in [0.717, 1.165) is 34.2 Å². The predicted octanol–water partition coefficient (Wildman–Crippen LogP) is 2.50. The highest BCUT2D eigenvalue weighted by molar-refractivity contribution is 5.89. The van der Waals surface area contributed by atoms with Crippen LogP contribution < -0.4 is 4.74 Å². The SMILES string of the molecule is C=Nc1nc(OC)c2c(-c3ccc4nnn(CC)c4c3)ccn2n1. The van der Waals surface area contributed by atoms with E-state index >= 15 is 0 Å². The maximum atomic E-state index is 5.42. The number of aliphatic imine (C=N–C) groups is 1. The molecule has 1 aromatic carbocycles. The first-order valence-corrected chi connectivity index (χ1v) is 7.49. The van der Waals surface area contributed by atoms with Crippen molar-refractivity contribution in [2.45, 2.75) is 13.5 Å². The Bertz CT molecular complexity index is 1060. The number of nitrogens with zero attached hydrogens (tertiary/aromatic N) is 7. The number of ether oxygens (including phenoxy) is 1. The Labute approximate surface area is 137 Å². The molecule has 0 aliphatic heterocycles. The number of fused-ring (bicyclic) bond motifs is 2. The largest absolute Gasteiger partial charge is 0.479 e. The van der Waals surface area contributed by atoms with E-state index in [1.807, 2.05) is 36.0 Å². The van der Waals surface area contributed by atoms with Crippen LogP contribution in [0.5, 0.6) is 5.88 Å². The van der Waals surface area contributed by atoms with Crippen molar-refractivity contribution in [2.75, 3.05) is 7.11 Å². The van der Waals surface area contributed by atoms with Gasteiger partial charge in [-0.1, -0.05) is 11.3 Å². The third-order valence-electron chi connectivity index (χ3n) is 3.93. The lowest BCUT2D eigenvalue weighted by atomic mass is 10.1. The Morgan fingerprint density at radius 1 is 1.29 bits per heavy atom. The van der Waals surface area contributed by atoms with Crippen molar-refractivity contribution in [3.8, 4) is 17.0 Å². The fourth-order valence-corrected chi connectivity index (χ4v) is 2.79. The summed E-state index contributed by atoms with van der Waals surface area (Å²) in [6.07, 6.45) is 1.85. The molecule has 120 valence electrons. The third kappa shape index (κ3) is 2.03. The van der Waals surface area contributed by atoms with Crippen molar-refractivity contribution in [2.24, 2.45) is 4.99 Å². The molecule has 0 atom stereocenters. The van der Waals surface area contributed by atoms with Crippen LogP contribution in [0.25, 0.3) is 27.7 Å². The van der Waals surface area contributed by atoms with Crippen molar-refractivity contribution in [1.82, 2.24) is 29.6 Å². The lowest BCUT2D eigenvalue weighted by molar-refractivity contribution is 0.400. The molecule has 0 fully saturated rings. The van der Waals surface area contributed by atoms with E-state index in [1.165, 1.54) is 0 Å². The van der Waals surface area contributed by atoms with Crippen molar-refractivity contribution in [3.05, 3.63) is 30.5 Å². The fraction of sp³-hybridized carbons (Fsp3) is 0.188. The van der Waals surface area contributed by atoms with Crippen LogP contribution in [0.2, 0.25) is 0 Å². The number of hydrogen-bond donors (Lipinski definition) is 0. The number of hydrogen-bond acceptors (Lipinski definition) is 6. The zero-order valence-corrected chi connectivity index (χ0v) is 13.3. The summed E-state index contributed by atoms with van der Waals surface area (Å²) in [5, 5.41) is 12.6. The summed E-state index contributed by atoms with van der Waals surface area (Å²) in [7, 11) is 1.57. The lowest BCUT2D eigenvalue weighted by Crippen LogP contribution is -1.98. The summed E-state index contributed by atoms with van der Waals surface area (Å²) in [5.41, 5.74) is 4.61. The molecular formula is C16H15N7O. The van der Waals surface area contributed by atoms with Gasteiger partial charge in [0, 0.05) is 18.3 Å². The molecule has 0 aliphatic carbocycles. The number of aryl methyl sites for hydroxylation is 1. The Morgan fingerprint density at radius 3 is 2.92 bits per heavy atom. The van der Waals surface area contributed by atoms with Crippen molar-refractivity contribution < 1.29 is 4.74 Å². The molecule has 8 nitrogen and oxygen atoms in total. The molecule has 0 saturated carbocycles. The van der Waals surface area contributed by atoms with Crippen LogP contribution in [0, 0.1) is 0 Å². The first kappa shape index (κ1) is 14.3. The minimum Gasteiger partial charge on any atom is -0.479 e. The number of methoxy groups -OCH3 is 1. The van der Waals surface area contributed by atoms with Gasteiger partial charge in [-0.05, 0) is 37.4 Å². The van der Waals surface area contributed by atoms with Gasteiger partial charge < -0.3 is 4.74 Å². The monoisotopic (exact) mass is 321 g/mol. The molecule has 3 heterocycles. The molecule has 0 amide bonds. The van der Waals surface area contributed by atoms with Gasteiger partial charge in [0.25, 0.3) is 5.95 Å². The molecule has 24 heavy (non-hydrogen) atoms. The summed E-state index contributed by atoms with van der Waals surface area (Å²) >= 11 is 0. The summed E-state index contributed by atoms with van der Waals surface area (Å²) in [6.45, 7) is 6.26. The Hall–Kier alpha value is -3.29. The Morgan fingerprint density at radius 2 is 2.17 bits per heavy atom. The van der Waals surface area contributed by atoms with Crippen LogP contribution in [0.15, 0.2) is 35.5 Å². The molecular weight excluding hydrogens is 306 g/mol. The van der Waals surface area contributed by atoms with Gasteiger partial charge in [-0.25, -0.2) is 14.2 Å². The topological polar surface area (TPSA) is 82.5 Å². The molecule has 4 rings (SSSR count). The lowest BCUT2D eigenvalue weighted by Gasteiger charge is -2.06. The normalized spacial score (nSPS) is 11.2. The second kappa shape index (κ2) is 5.41. The van der Waals surface area contributed by atoms with Crippen LogP contribution in [0.3, 0.4) is 0 Å². The van der Waals surface area contributed by atoms with Gasteiger partial charge in [0.1, 0.15) is 11.0 Å². The Kier molecular flexibility index (Phi) is 3.23. The van der Waals surface area contributed by atoms with E-state index in [4.69, 9.17) is 4.74 Å². The maximum absolute atomic E-state index is 5.42. The second-order valence-corrected chi connectivity index (χ2v) is 5.21. The highest BCUT2D eigenvalue weighted by Gasteiger charge is 2.15. The molecule has 0 unspecified atom stereocenters. The summed E-state index contributed by atoms with van der Waals surface area (Å²) in [4.78, 5) is 8.04. The van der Waals surface area contributed by atoms with E-state index in [9.17, 15) is 0 Å². The minimum absolute atomic E-state index is 0.269. The van der Waals surface area contributed by atoms with Gasteiger partial charge >= 0.3 is 0 Å². The van der Waals surface area contributed by atoms with Gasteiger partial charge in [-0.2, -0.15) is 4.98 Å². The van der Waals surface area contributed by atoms with E-state index in [-0.39, 0.29) is 5.95 Å². The molecule has 0 bridgehead atoms. The van der Waals surface area contributed by atoms with Crippen LogP contribution in [-0.4, -0.2) is 43.4 Å². The van der Waals surface area contributed by atoms with E-state index in [0.29, 0.717) is 5.88 Å². The average Bonchev–Trinajstić information content (AvgIpc) is 3.23. The fourth-order valence-electron chi connectivity index (χ4n) is 2.79. The second-order valence-electron chi connectivity index (χ2n) is 5.21. The number of rotatable bonds is 4. The molecule has 0 saturated heterocycles. The van der Waals surface area contributed by atoms with E-state index in [2.05, 4.69) is 38.2 Å². The molecule has 4 aromatic rings. The van der Waals surface area contributed by atoms with Gasteiger partial charge in [-0.15, -0.1) is 10.2 Å². The van der Waals surface area contributed by atoms with E-state index in [1.54, 1.807) is 11.6 Å². The van der Waals surface area contributed by atoms with Gasteiger partial charge in [0.05, 0.1) is 12.6 Å². The predicted molar refractivity (Wildman–Crippen MR) is 90.9 cm³/mol. The highest BCUT2D eigenvalue weighted by Crippen LogP contribution is 2.32. The van der Waals surface area contributed by atoms with Gasteiger partial charge in [0.2, 0.25) is 5.88 Å². The van der Waals surface area contributed by atoms with Crippen molar-refractivity contribution in [1.29, 1.82) is 0 Å². The standard InChI is InChI=1S/C16H15N7O/c1-4-22-13-9-10(5-6-12(13)19-21-22)11-7-8-23-14(11)15(24-3)18-16(17-2)20-23/h5-9H,2,4H2,1,3H3. The minimum atomic E-state index is 0.269. The third-order valence-corrected chi connectivity index (χ3v) is 3.93. The van der Waals surface area contributed by atoms with Crippen LogP contribution >= 0.6 is 0 Å². The zero-order chi connectivity index (χ0) is 16.7. The maximum Gasteiger partial charge on any atom is 0.269 e. The van der Waals surface area contributed by atoms with Crippen LogP contribution in [-0.2, 0) is 6.54 Å². The summed E-state index contributed by atoms with van der Waals surface area (Å²) < 4.78 is 8.98. The highest BCUT2D eigenvalue weighted by atomic mass is 16.5. The number of aromatic nitrogens is 6. The smallest absolute Gasteiger partial charge is 0.269 e.